The van der Waals surface area contributed by atoms with Gasteiger partial charge in [-0.25, -0.2) is 4.98 Å². The fraction of sp³-hybridized carbons (Fsp3) is 0.786. The average Bonchev–Trinajstić information content (AvgIpc) is 2.74. The molecule has 2 rings (SSSR count). The van der Waals surface area contributed by atoms with E-state index in [0.717, 1.165) is 13.1 Å². The molecule has 102 valence electrons. The Labute approximate surface area is 115 Å². The molecule has 4 heteroatoms. The van der Waals surface area contributed by atoms with Crippen LogP contribution < -0.4 is 10.2 Å². The van der Waals surface area contributed by atoms with Gasteiger partial charge in [-0.15, -0.1) is 11.3 Å². The highest BCUT2D eigenvalue weighted by molar-refractivity contribution is 7.15. The minimum atomic E-state index is 0.402. The zero-order valence-electron chi connectivity index (χ0n) is 12.0. The fourth-order valence-corrected chi connectivity index (χ4v) is 3.41. The van der Waals surface area contributed by atoms with Crippen molar-refractivity contribution in [2.24, 2.45) is 5.41 Å². The topological polar surface area (TPSA) is 28.2 Å². The van der Waals surface area contributed by atoms with Crippen LogP contribution in [0.15, 0.2) is 6.20 Å². The summed E-state index contributed by atoms with van der Waals surface area (Å²) in [5.41, 5.74) is 0.493. The van der Waals surface area contributed by atoms with E-state index in [1.54, 1.807) is 0 Å². The largest absolute Gasteiger partial charge is 0.348 e. The molecular weight excluding hydrogens is 242 g/mol. The van der Waals surface area contributed by atoms with Crippen molar-refractivity contribution in [1.29, 1.82) is 0 Å². The normalized spacial score (nSPS) is 21.7. The molecule has 1 N–H and O–H groups in total. The van der Waals surface area contributed by atoms with Crippen LogP contribution in [-0.2, 0) is 0 Å². The summed E-state index contributed by atoms with van der Waals surface area (Å²) in [6.45, 7) is 9.25. The van der Waals surface area contributed by atoms with Crippen LogP contribution >= 0.6 is 11.3 Å². The van der Waals surface area contributed by atoms with Crippen LogP contribution in [0.2, 0.25) is 0 Å². The third-order valence-corrected chi connectivity index (χ3v) is 5.22. The first kappa shape index (κ1) is 13.8. The number of thiazole rings is 1. The number of rotatable bonds is 3. The van der Waals surface area contributed by atoms with Crippen molar-refractivity contribution in [2.75, 3.05) is 25.0 Å². The van der Waals surface area contributed by atoms with Crippen molar-refractivity contribution in [1.82, 2.24) is 10.3 Å². The second kappa shape index (κ2) is 5.57. The Morgan fingerprint density at radius 1 is 1.39 bits per heavy atom. The summed E-state index contributed by atoms with van der Waals surface area (Å²) in [7, 11) is 2.00. The van der Waals surface area contributed by atoms with Gasteiger partial charge < -0.3 is 10.2 Å². The predicted octanol–water partition coefficient (Wildman–Crippen LogP) is 3.44. The van der Waals surface area contributed by atoms with E-state index < -0.39 is 0 Å². The van der Waals surface area contributed by atoms with Gasteiger partial charge in [0.2, 0.25) is 0 Å². The summed E-state index contributed by atoms with van der Waals surface area (Å²) in [5.74, 6) is 0. The van der Waals surface area contributed by atoms with Gasteiger partial charge in [-0.3, -0.25) is 0 Å². The van der Waals surface area contributed by atoms with Gasteiger partial charge in [0.15, 0.2) is 5.13 Å². The number of hydrogen-bond acceptors (Lipinski definition) is 4. The van der Waals surface area contributed by atoms with Crippen molar-refractivity contribution >= 4 is 16.5 Å². The molecule has 0 saturated carbocycles. The summed E-state index contributed by atoms with van der Waals surface area (Å²) in [5, 5.41) is 4.47. The second-order valence-electron chi connectivity index (χ2n) is 6.06. The summed E-state index contributed by atoms with van der Waals surface area (Å²) in [4.78, 5) is 8.40. The van der Waals surface area contributed by atoms with E-state index in [2.05, 4.69) is 36.0 Å². The number of anilines is 1. The quantitative estimate of drug-likeness (QED) is 0.909. The molecule has 1 atom stereocenters. The van der Waals surface area contributed by atoms with E-state index in [0.29, 0.717) is 11.5 Å². The van der Waals surface area contributed by atoms with Gasteiger partial charge in [-0.1, -0.05) is 13.8 Å². The molecule has 1 fully saturated rings. The van der Waals surface area contributed by atoms with Gasteiger partial charge >= 0.3 is 0 Å². The van der Waals surface area contributed by atoms with Crippen molar-refractivity contribution in [2.45, 2.75) is 46.1 Å². The van der Waals surface area contributed by atoms with Crippen LogP contribution in [0.25, 0.3) is 0 Å². The van der Waals surface area contributed by atoms with Crippen molar-refractivity contribution < 1.29 is 0 Å². The number of hydrogen-bond donors (Lipinski definition) is 1. The first-order chi connectivity index (χ1) is 8.52. The molecule has 0 amide bonds. The molecule has 18 heavy (non-hydrogen) atoms. The number of nitrogens with one attached hydrogen (secondary N) is 1. The molecule has 0 aliphatic carbocycles. The molecule has 1 aromatic rings. The fourth-order valence-electron chi connectivity index (χ4n) is 2.38. The van der Waals surface area contributed by atoms with Gasteiger partial charge in [0.05, 0.1) is 0 Å². The Bertz CT molecular complexity index is 386. The molecule has 2 heterocycles. The SMILES string of the molecule is CNC(C)c1cnc(N2CCCC(C)(C)CC2)s1. The Morgan fingerprint density at radius 3 is 2.89 bits per heavy atom. The maximum Gasteiger partial charge on any atom is 0.185 e. The van der Waals surface area contributed by atoms with E-state index in [-0.39, 0.29) is 0 Å². The van der Waals surface area contributed by atoms with E-state index in [1.807, 2.05) is 24.6 Å². The third-order valence-electron chi connectivity index (χ3n) is 3.98. The maximum absolute atomic E-state index is 4.60. The summed E-state index contributed by atoms with van der Waals surface area (Å²) in [6.07, 6.45) is 5.90. The number of nitrogens with zero attached hydrogens (tertiary/aromatic N) is 2. The average molecular weight is 267 g/mol. The first-order valence-electron chi connectivity index (χ1n) is 6.90. The molecule has 3 nitrogen and oxygen atoms in total. The standard InChI is InChI=1S/C14H25N3S/c1-11(15-4)12-10-16-13(18-12)17-8-5-6-14(2,3)7-9-17/h10-11,15H,5-9H2,1-4H3. The minimum absolute atomic E-state index is 0.402. The van der Waals surface area contributed by atoms with E-state index >= 15 is 0 Å². The lowest BCUT2D eigenvalue weighted by Gasteiger charge is -2.22. The van der Waals surface area contributed by atoms with E-state index in [4.69, 9.17) is 0 Å². The monoisotopic (exact) mass is 267 g/mol. The second-order valence-corrected chi connectivity index (χ2v) is 7.10. The van der Waals surface area contributed by atoms with Crippen molar-refractivity contribution in [3.8, 4) is 0 Å². The molecule has 0 radical (unpaired) electrons. The van der Waals surface area contributed by atoms with Crippen LogP contribution in [0, 0.1) is 5.41 Å². The first-order valence-corrected chi connectivity index (χ1v) is 7.71. The smallest absolute Gasteiger partial charge is 0.185 e. The van der Waals surface area contributed by atoms with Crippen LogP contribution in [0.4, 0.5) is 5.13 Å². The highest BCUT2D eigenvalue weighted by Gasteiger charge is 2.24. The summed E-state index contributed by atoms with van der Waals surface area (Å²) < 4.78 is 0. The molecular formula is C14H25N3S. The Hall–Kier alpha value is -0.610. The lowest BCUT2D eigenvalue weighted by atomic mass is 9.85. The maximum atomic E-state index is 4.60. The molecule has 0 aromatic carbocycles. The van der Waals surface area contributed by atoms with Gasteiger partial charge in [0, 0.05) is 30.2 Å². The van der Waals surface area contributed by atoms with Crippen molar-refractivity contribution in [3.63, 3.8) is 0 Å². The van der Waals surface area contributed by atoms with Crippen LogP contribution in [0.5, 0.6) is 0 Å². The Morgan fingerprint density at radius 2 is 2.17 bits per heavy atom. The molecule has 1 aliphatic heterocycles. The summed E-state index contributed by atoms with van der Waals surface area (Å²) in [6, 6.07) is 0.402. The summed E-state index contributed by atoms with van der Waals surface area (Å²) >= 11 is 1.83. The highest BCUT2D eigenvalue weighted by atomic mass is 32.1. The zero-order chi connectivity index (χ0) is 13.2. The van der Waals surface area contributed by atoms with Gasteiger partial charge in [-0.05, 0) is 38.6 Å². The highest BCUT2D eigenvalue weighted by Crippen LogP contribution is 2.33. The molecule has 1 aromatic heterocycles. The molecule has 0 spiro atoms. The Balaban J connectivity index is 2.05. The molecule has 1 aliphatic rings. The molecule has 0 bridgehead atoms. The minimum Gasteiger partial charge on any atom is -0.348 e. The molecule has 1 saturated heterocycles. The third kappa shape index (κ3) is 3.23. The van der Waals surface area contributed by atoms with Crippen LogP contribution in [0.3, 0.4) is 0 Å². The zero-order valence-corrected chi connectivity index (χ0v) is 12.8. The van der Waals surface area contributed by atoms with E-state index in [9.17, 15) is 0 Å². The Kier molecular flexibility index (Phi) is 4.28. The predicted molar refractivity (Wildman–Crippen MR) is 79.4 cm³/mol. The molecule has 1 unspecified atom stereocenters. The van der Waals surface area contributed by atoms with Gasteiger partial charge in [0.1, 0.15) is 0 Å². The van der Waals surface area contributed by atoms with Gasteiger partial charge in [0.25, 0.3) is 0 Å². The number of aromatic nitrogens is 1. The van der Waals surface area contributed by atoms with Gasteiger partial charge in [-0.2, -0.15) is 0 Å². The van der Waals surface area contributed by atoms with Crippen molar-refractivity contribution in [3.05, 3.63) is 11.1 Å². The lowest BCUT2D eigenvalue weighted by Crippen LogP contribution is -2.24. The van der Waals surface area contributed by atoms with Crippen LogP contribution in [0.1, 0.15) is 51.0 Å². The lowest BCUT2D eigenvalue weighted by molar-refractivity contribution is 0.325. The van der Waals surface area contributed by atoms with E-state index in [1.165, 1.54) is 29.3 Å². The van der Waals surface area contributed by atoms with Crippen LogP contribution in [-0.4, -0.2) is 25.1 Å².